The molecular weight excluding hydrogens is 646 g/mol. The normalized spacial score (nSPS) is 20.1. The molecule has 0 bridgehead atoms. The quantitative estimate of drug-likeness (QED) is 0.156. The highest BCUT2D eigenvalue weighted by Crippen LogP contribution is 2.32. The predicted octanol–water partition coefficient (Wildman–Crippen LogP) is 4.54. The van der Waals surface area contributed by atoms with Gasteiger partial charge >= 0.3 is 0 Å². The Morgan fingerprint density at radius 3 is 2.04 bits per heavy atom. The SMILES string of the molecule is CC[C@H](CC(=O)N1CCC[C@H]1[C@H](OC)[C@@H](C)C(=O)N[C@H](C)[C@@H](O)c1ccccc1)[C@H]([C@@H](C)CC)N(C)C(=O)C(NC(=O)C(NC)C(C)C)C(C)C. The molecule has 1 aliphatic heterocycles. The molecule has 1 saturated heterocycles. The van der Waals surface area contributed by atoms with Crippen LogP contribution in [0.2, 0.25) is 0 Å². The van der Waals surface area contributed by atoms with Gasteiger partial charge in [-0.1, -0.05) is 98.6 Å². The molecule has 0 aliphatic carbocycles. The lowest BCUT2D eigenvalue weighted by molar-refractivity contribution is -0.144. The Labute approximate surface area is 308 Å². The lowest BCUT2D eigenvalue weighted by Crippen LogP contribution is -2.58. The molecule has 0 saturated carbocycles. The number of nitrogens with one attached hydrogen (secondary N) is 3. The van der Waals surface area contributed by atoms with E-state index in [0.717, 1.165) is 18.4 Å². The van der Waals surface area contributed by atoms with Crippen molar-refractivity contribution < 1.29 is 29.0 Å². The van der Waals surface area contributed by atoms with E-state index >= 15 is 0 Å². The van der Waals surface area contributed by atoms with Gasteiger partial charge in [0.1, 0.15) is 6.04 Å². The molecule has 4 N–H and O–H groups in total. The number of benzene rings is 1. The van der Waals surface area contributed by atoms with Gasteiger partial charge in [0.2, 0.25) is 23.6 Å². The van der Waals surface area contributed by atoms with Crippen molar-refractivity contribution in [1.29, 1.82) is 0 Å². The van der Waals surface area contributed by atoms with Gasteiger partial charge in [-0.3, -0.25) is 19.2 Å². The molecule has 11 heteroatoms. The van der Waals surface area contributed by atoms with Crippen molar-refractivity contribution in [2.45, 2.75) is 137 Å². The predicted molar refractivity (Wildman–Crippen MR) is 203 cm³/mol. The Hall–Kier alpha value is -3.02. The Bertz CT molecular complexity index is 1240. The standard InChI is InChI=1S/C40H69N5O6/c1-13-26(7)35(44(11)40(50)34(25(5)6)43-39(49)33(41-10)24(3)4)29(14-2)23-32(46)45-22-18-21-31(45)37(51-12)27(8)38(48)42-28(9)36(47)30-19-16-15-17-20-30/h15-17,19-20,24-29,31,33-37,41,47H,13-14,18,21-23H2,1-12H3,(H,42,48)(H,43,49)/t26-,27+,28+,29+,31-,33?,34?,35-,36+,37+/m0/s1. The topological polar surface area (TPSA) is 140 Å². The van der Waals surface area contributed by atoms with Gasteiger partial charge in [-0.2, -0.15) is 0 Å². The molecule has 1 aliphatic rings. The first kappa shape index (κ1) is 44.1. The summed E-state index contributed by atoms with van der Waals surface area (Å²) in [7, 11) is 5.13. The van der Waals surface area contributed by atoms with Crippen molar-refractivity contribution >= 4 is 23.6 Å². The molecule has 10 atom stereocenters. The Morgan fingerprint density at radius 2 is 1.53 bits per heavy atom. The molecule has 0 aromatic heterocycles. The molecule has 1 fully saturated rings. The summed E-state index contributed by atoms with van der Waals surface area (Å²) in [5, 5.41) is 19.9. The van der Waals surface area contributed by atoms with E-state index in [4.69, 9.17) is 4.74 Å². The van der Waals surface area contributed by atoms with E-state index in [1.807, 2.05) is 76.9 Å². The maximum absolute atomic E-state index is 14.2. The molecule has 1 aromatic carbocycles. The zero-order valence-corrected chi connectivity index (χ0v) is 33.4. The van der Waals surface area contributed by atoms with Gasteiger partial charge in [-0.25, -0.2) is 0 Å². The summed E-state index contributed by atoms with van der Waals surface area (Å²) in [6, 6.07) is 7.09. The summed E-state index contributed by atoms with van der Waals surface area (Å²) in [6.45, 7) is 18.2. The van der Waals surface area contributed by atoms with Crippen LogP contribution in [0.3, 0.4) is 0 Å². The summed E-state index contributed by atoms with van der Waals surface area (Å²) < 4.78 is 5.94. The first-order valence-electron chi connectivity index (χ1n) is 19.2. The zero-order valence-electron chi connectivity index (χ0n) is 33.4. The number of rotatable bonds is 20. The minimum atomic E-state index is -0.861. The van der Waals surface area contributed by atoms with Gasteiger partial charge in [-0.15, -0.1) is 0 Å². The van der Waals surface area contributed by atoms with Crippen molar-refractivity contribution in [2.24, 2.45) is 29.6 Å². The van der Waals surface area contributed by atoms with Crippen molar-refractivity contribution in [2.75, 3.05) is 27.7 Å². The van der Waals surface area contributed by atoms with E-state index in [0.29, 0.717) is 19.4 Å². The Morgan fingerprint density at radius 1 is 0.922 bits per heavy atom. The van der Waals surface area contributed by atoms with Crippen LogP contribution in [0.25, 0.3) is 0 Å². The molecule has 2 unspecified atom stereocenters. The maximum Gasteiger partial charge on any atom is 0.245 e. The minimum absolute atomic E-state index is 0.0106. The van der Waals surface area contributed by atoms with Crippen molar-refractivity contribution in [1.82, 2.24) is 25.8 Å². The highest BCUT2D eigenvalue weighted by atomic mass is 16.5. The Kier molecular flexibility index (Phi) is 18.1. The molecule has 0 radical (unpaired) electrons. The molecule has 11 nitrogen and oxygen atoms in total. The first-order valence-corrected chi connectivity index (χ1v) is 19.2. The van der Waals surface area contributed by atoms with E-state index in [9.17, 15) is 24.3 Å². The minimum Gasteiger partial charge on any atom is -0.386 e. The second-order valence-electron chi connectivity index (χ2n) is 15.4. The van der Waals surface area contributed by atoms with Gasteiger partial charge in [0.25, 0.3) is 0 Å². The van der Waals surface area contributed by atoms with Crippen LogP contribution < -0.4 is 16.0 Å². The monoisotopic (exact) mass is 716 g/mol. The lowest BCUT2D eigenvalue weighted by Gasteiger charge is -2.41. The number of carbonyl (C=O) groups is 4. The largest absolute Gasteiger partial charge is 0.386 e. The van der Waals surface area contributed by atoms with Crippen LogP contribution in [-0.4, -0.2) is 103 Å². The van der Waals surface area contributed by atoms with Crippen molar-refractivity contribution in [3.8, 4) is 0 Å². The zero-order chi connectivity index (χ0) is 38.6. The van der Waals surface area contributed by atoms with Crippen LogP contribution in [0, 0.1) is 29.6 Å². The molecule has 1 heterocycles. The average molecular weight is 716 g/mol. The van der Waals surface area contributed by atoms with Crippen LogP contribution >= 0.6 is 0 Å². The second-order valence-corrected chi connectivity index (χ2v) is 15.4. The van der Waals surface area contributed by atoms with Gasteiger partial charge in [-0.05, 0) is 56.0 Å². The fourth-order valence-corrected chi connectivity index (χ4v) is 7.80. The summed E-state index contributed by atoms with van der Waals surface area (Å²) in [5.74, 6) is -1.26. The average Bonchev–Trinajstić information content (AvgIpc) is 3.59. The Balaban J connectivity index is 2.24. The molecule has 290 valence electrons. The number of amides is 4. The molecule has 51 heavy (non-hydrogen) atoms. The number of likely N-dealkylation sites (N-methyl/N-ethyl adjacent to an activating group) is 2. The van der Waals surface area contributed by atoms with Gasteiger partial charge in [0.15, 0.2) is 0 Å². The highest BCUT2D eigenvalue weighted by molar-refractivity contribution is 5.90. The van der Waals surface area contributed by atoms with E-state index in [2.05, 4.69) is 36.7 Å². The summed E-state index contributed by atoms with van der Waals surface area (Å²) in [4.78, 5) is 58.7. The summed E-state index contributed by atoms with van der Waals surface area (Å²) in [6.07, 6.45) is 1.90. The lowest BCUT2D eigenvalue weighted by atomic mass is 9.82. The van der Waals surface area contributed by atoms with Crippen LogP contribution in [-0.2, 0) is 23.9 Å². The van der Waals surface area contributed by atoms with Crippen molar-refractivity contribution in [3.63, 3.8) is 0 Å². The number of carbonyl (C=O) groups excluding carboxylic acids is 4. The first-order chi connectivity index (χ1) is 24.0. The van der Waals surface area contributed by atoms with Gasteiger partial charge in [0, 0.05) is 33.2 Å². The number of hydrogen-bond donors (Lipinski definition) is 4. The highest BCUT2D eigenvalue weighted by Gasteiger charge is 2.42. The summed E-state index contributed by atoms with van der Waals surface area (Å²) in [5.41, 5.74) is 0.723. The number of hydrogen-bond acceptors (Lipinski definition) is 7. The summed E-state index contributed by atoms with van der Waals surface area (Å²) >= 11 is 0. The third kappa shape index (κ3) is 11.5. The van der Waals surface area contributed by atoms with Crippen LogP contribution in [0.15, 0.2) is 30.3 Å². The number of likely N-dealkylation sites (tertiary alicyclic amines) is 1. The third-order valence-electron chi connectivity index (χ3n) is 11.1. The maximum atomic E-state index is 14.2. The fourth-order valence-electron chi connectivity index (χ4n) is 7.80. The van der Waals surface area contributed by atoms with E-state index in [1.54, 1.807) is 26.0 Å². The smallest absolute Gasteiger partial charge is 0.245 e. The number of ether oxygens (including phenoxy) is 1. The van der Waals surface area contributed by atoms with Crippen molar-refractivity contribution in [3.05, 3.63) is 35.9 Å². The molecule has 4 amide bonds. The molecular formula is C40H69N5O6. The number of aliphatic hydroxyl groups excluding tert-OH is 1. The third-order valence-corrected chi connectivity index (χ3v) is 11.1. The second kappa shape index (κ2) is 20.9. The van der Waals surface area contributed by atoms with Gasteiger partial charge < -0.3 is 35.6 Å². The molecule has 1 aromatic rings. The van der Waals surface area contributed by atoms with Crippen LogP contribution in [0.4, 0.5) is 0 Å². The van der Waals surface area contributed by atoms with Crippen LogP contribution in [0.5, 0.6) is 0 Å². The van der Waals surface area contributed by atoms with E-state index in [-0.39, 0.29) is 65.8 Å². The van der Waals surface area contributed by atoms with Gasteiger partial charge in [0.05, 0.1) is 36.3 Å². The van der Waals surface area contributed by atoms with E-state index in [1.165, 1.54) is 0 Å². The molecule has 2 rings (SSSR count). The number of aliphatic hydroxyl groups is 1. The van der Waals surface area contributed by atoms with E-state index < -0.39 is 36.3 Å². The van der Waals surface area contributed by atoms with Crippen LogP contribution in [0.1, 0.15) is 106 Å². The number of nitrogens with zero attached hydrogens (tertiary/aromatic N) is 2. The molecule has 0 spiro atoms. The number of methoxy groups -OCH3 is 1. The fraction of sp³-hybridized carbons (Fsp3) is 0.750.